The van der Waals surface area contributed by atoms with E-state index < -0.39 is 0 Å². The van der Waals surface area contributed by atoms with Crippen LogP contribution in [-0.4, -0.2) is 5.75 Å². The Labute approximate surface area is 124 Å². The van der Waals surface area contributed by atoms with Crippen LogP contribution in [0.5, 0.6) is 0 Å². The lowest BCUT2D eigenvalue weighted by Gasteiger charge is -2.20. The summed E-state index contributed by atoms with van der Waals surface area (Å²) >= 11 is 1.83. The van der Waals surface area contributed by atoms with Crippen LogP contribution in [0.4, 0.5) is 10.1 Å². The average Bonchev–Trinajstić information content (AvgIpc) is 2.48. The Balaban J connectivity index is 2.20. The van der Waals surface area contributed by atoms with Crippen molar-refractivity contribution in [1.29, 1.82) is 0 Å². The second-order valence-electron chi connectivity index (χ2n) is 4.59. The molecule has 0 fully saturated rings. The number of rotatable bonds is 6. The fraction of sp³-hybridized carbons (Fsp3) is 0.294. The van der Waals surface area contributed by atoms with Crippen molar-refractivity contribution in [1.82, 2.24) is 0 Å². The Bertz CT molecular complexity index is 539. The number of nitrogens with one attached hydrogen (secondary N) is 1. The van der Waals surface area contributed by atoms with Gasteiger partial charge in [0, 0.05) is 10.6 Å². The van der Waals surface area contributed by atoms with Crippen LogP contribution in [-0.2, 0) is 0 Å². The molecule has 0 aliphatic heterocycles. The van der Waals surface area contributed by atoms with E-state index in [9.17, 15) is 4.39 Å². The summed E-state index contributed by atoms with van der Waals surface area (Å²) in [6.07, 6.45) is 0.955. The Kier molecular flexibility index (Phi) is 5.48. The van der Waals surface area contributed by atoms with Gasteiger partial charge in [0.1, 0.15) is 5.82 Å². The molecule has 0 aromatic heterocycles. The van der Waals surface area contributed by atoms with Crippen molar-refractivity contribution in [3.8, 4) is 0 Å². The third-order valence-electron chi connectivity index (χ3n) is 3.20. The standard InChI is InChI=1S/C17H20FNS/c1-3-15(13-9-11-14(18)12-10-13)19-16-7-5-6-8-17(16)20-4-2/h5-12,15,19H,3-4H2,1-2H3. The van der Waals surface area contributed by atoms with E-state index in [0.717, 1.165) is 23.4 Å². The highest BCUT2D eigenvalue weighted by Crippen LogP contribution is 2.30. The number of halogens is 1. The molecule has 20 heavy (non-hydrogen) atoms. The highest BCUT2D eigenvalue weighted by atomic mass is 32.2. The number of para-hydroxylation sites is 1. The predicted molar refractivity (Wildman–Crippen MR) is 85.9 cm³/mol. The van der Waals surface area contributed by atoms with Gasteiger partial charge in [-0.1, -0.05) is 38.1 Å². The molecule has 0 spiro atoms. The van der Waals surface area contributed by atoms with E-state index in [4.69, 9.17) is 0 Å². The molecule has 0 aliphatic rings. The van der Waals surface area contributed by atoms with Crippen molar-refractivity contribution in [2.75, 3.05) is 11.1 Å². The quantitative estimate of drug-likeness (QED) is 0.705. The molecule has 2 aromatic carbocycles. The zero-order chi connectivity index (χ0) is 14.4. The summed E-state index contributed by atoms with van der Waals surface area (Å²) in [5.74, 6) is 0.858. The van der Waals surface area contributed by atoms with Crippen LogP contribution < -0.4 is 5.32 Å². The summed E-state index contributed by atoms with van der Waals surface area (Å²) in [4.78, 5) is 1.26. The maximum atomic E-state index is 13.0. The van der Waals surface area contributed by atoms with E-state index in [0.29, 0.717) is 0 Å². The summed E-state index contributed by atoms with van der Waals surface area (Å²) in [7, 11) is 0. The van der Waals surface area contributed by atoms with Crippen LogP contribution in [0.1, 0.15) is 31.9 Å². The largest absolute Gasteiger partial charge is 0.377 e. The molecule has 2 rings (SSSR count). The van der Waals surface area contributed by atoms with Gasteiger partial charge in [-0.2, -0.15) is 0 Å². The first-order valence-corrected chi connectivity index (χ1v) is 7.97. The number of benzene rings is 2. The fourth-order valence-electron chi connectivity index (χ4n) is 2.17. The van der Waals surface area contributed by atoms with E-state index in [-0.39, 0.29) is 11.9 Å². The third kappa shape index (κ3) is 3.76. The monoisotopic (exact) mass is 289 g/mol. The van der Waals surface area contributed by atoms with Crippen molar-refractivity contribution in [3.63, 3.8) is 0 Å². The normalized spacial score (nSPS) is 12.2. The Morgan fingerprint density at radius 3 is 2.40 bits per heavy atom. The molecule has 1 unspecified atom stereocenters. The summed E-state index contributed by atoms with van der Waals surface area (Å²) in [5, 5.41) is 3.57. The van der Waals surface area contributed by atoms with Crippen LogP contribution in [0, 0.1) is 5.82 Å². The van der Waals surface area contributed by atoms with Crippen molar-refractivity contribution in [2.45, 2.75) is 31.2 Å². The number of hydrogen-bond acceptors (Lipinski definition) is 2. The fourth-order valence-corrected chi connectivity index (χ4v) is 2.94. The zero-order valence-corrected chi connectivity index (χ0v) is 12.7. The van der Waals surface area contributed by atoms with Gasteiger partial charge in [-0.3, -0.25) is 0 Å². The lowest BCUT2D eigenvalue weighted by molar-refractivity contribution is 0.625. The molecule has 2 aromatic rings. The molecule has 0 amide bonds. The highest BCUT2D eigenvalue weighted by molar-refractivity contribution is 7.99. The lowest BCUT2D eigenvalue weighted by atomic mass is 10.0. The van der Waals surface area contributed by atoms with Crippen LogP contribution >= 0.6 is 11.8 Å². The van der Waals surface area contributed by atoms with Crippen LogP contribution in [0.3, 0.4) is 0 Å². The number of anilines is 1. The van der Waals surface area contributed by atoms with Crippen LogP contribution in [0.15, 0.2) is 53.4 Å². The zero-order valence-electron chi connectivity index (χ0n) is 11.9. The van der Waals surface area contributed by atoms with E-state index in [1.165, 1.54) is 17.0 Å². The van der Waals surface area contributed by atoms with Gasteiger partial charge in [0.05, 0.1) is 6.04 Å². The lowest BCUT2D eigenvalue weighted by Crippen LogP contribution is -2.10. The molecule has 0 radical (unpaired) electrons. The smallest absolute Gasteiger partial charge is 0.123 e. The van der Waals surface area contributed by atoms with Gasteiger partial charge in [-0.15, -0.1) is 11.8 Å². The van der Waals surface area contributed by atoms with Gasteiger partial charge < -0.3 is 5.32 Å². The van der Waals surface area contributed by atoms with E-state index in [1.807, 2.05) is 30.0 Å². The average molecular weight is 289 g/mol. The number of hydrogen-bond donors (Lipinski definition) is 1. The molecular formula is C17H20FNS. The predicted octanol–water partition coefficient (Wildman–Crippen LogP) is 5.50. The first kappa shape index (κ1) is 14.9. The van der Waals surface area contributed by atoms with Gasteiger partial charge in [-0.25, -0.2) is 4.39 Å². The Morgan fingerprint density at radius 2 is 1.75 bits per heavy atom. The molecule has 3 heteroatoms. The van der Waals surface area contributed by atoms with E-state index >= 15 is 0 Å². The minimum absolute atomic E-state index is 0.189. The van der Waals surface area contributed by atoms with Crippen LogP contribution in [0.25, 0.3) is 0 Å². The summed E-state index contributed by atoms with van der Waals surface area (Å²) in [6.45, 7) is 4.29. The van der Waals surface area contributed by atoms with Crippen molar-refractivity contribution >= 4 is 17.4 Å². The molecule has 0 saturated heterocycles. The van der Waals surface area contributed by atoms with Gasteiger partial charge in [0.15, 0.2) is 0 Å². The number of thioether (sulfide) groups is 1. The van der Waals surface area contributed by atoms with E-state index in [2.05, 4.69) is 37.4 Å². The van der Waals surface area contributed by atoms with Crippen molar-refractivity contribution in [2.24, 2.45) is 0 Å². The molecule has 1 N–H and O–H groups in total. The third-order valence-corrected chi connectivity index (χ3v) is 4.15. The molecule has 0 saturated carbocycles. The molecular weight excluding hydrogens is 269 g/mol. The van der Waals surface area contributed by atoms with Gasteiger partial charge >= 0.3 is 0 Å². The molecule has 1 nitrogen and oxygen atoms in total. The molecule has 1 atom stereocenters. The second kappa shape index (κ2) is 7.34. The molecule has 0 aliphatic carbocycles. The minimum atomic E-state index is -0.189. The highest BCUT2D eigenvalue weighted by Gasteiger charge is 2.11. The molecule has 0 heterocycles. The van der Waals surface area contributed by atoms with Gasteiger partial charge in [0.2, 0.25) is 0 Å². The molecule has 0 bridgehead atoms. The summed E-state index contributed by atoms with van der Waals surface area (Å²) in [6, 6.07) is 15.3. The topological polar surface area (TPSA) is 12.0 Å². The maximum absolute atomic E-state index is 13.0. The Hall–Kier alpha value is -1.48. The van der Waals surface area contributed by atoms with Gasteiger partial charge in [0.25, 0.3) is 0 Å². The Morgan fingerprint density at radius 1 is 1.05 bits per heavy atom. The summed E-state index contributed by atoms with van der Waals surface area (Å²) in [5.41, 5.74) is 2.26. The van der Waals surface area contributed by atoms with E-state index in [1.54, 1.807) is 0 Å². The van der Waals surface area contributed by atoms with Crippen LogP contribution in [0.2, 0.25) is 0 Å². The second-order valence-corrected chi connectivity index (χ2v) is 5.89. The first-order valence-electron chi connectivity index (χ1n) is 6.98. The van der Waals surface area contributed by atoms with Gasteiger partial charge in [-0.05, 0) is 42.0 Å². The summed E-state index contributed by atoms with van der Waals surface area (Å²) < 4.78 is 13.0. The van der Waals surface area contributed by atoms with Crippen molar-refractivity contribution in [3.05, 3.63) is 59.9 Å². The molecule has 106 valence electrons. The maximum Gasteiger partial charge on any atom is 0.123 e. The first-order chi connectivity index (χ1) is 9.74. The minimum Gasteiger partial charge on any atom is -0.377 e. The van der Waals surface area contributed by atoms with Crippen molar-refractivity contribution < 1.29 is 4.39 Å². The SMILES string of the molecule is CCSc1ccccc1NC(CC)c1ccc(F)cc1.